The summed E-state index contributed by atoms with van der Waals surface area (Å²) < 4.78 is 26.5. The fourth-order valence-corrected chi connectivity index (χ4v) is 4.56. The molecule has 0 radical (unpaired) electrons. The SMILES string of the molecule is CC(C)N1CCC(CN2CCNCC(C)S2(=O)=O)C1. The van der Waals surface area contributed by atoms with Crippen molar-refractivity contribution in [1.29, 1.82) is 0 Å². The van der Waals surface area contributed by atoms with Gasteiger partial charge < -0.3 is 10.2 Å². The summed E-state index contributed by atoms with van der Waals surface area (Å²) in [5.74, 6) is 0.488. The number of nitrogens with zero attached hydrogens (tertiary/aromatic N) is 2. The molecule has 2 saturated heterocycles. The molecule has 5 nitrogen and oxygen atoms in total. The molecule has 0 bridgehead atoms. The minimum absolute atomic E-state index is 0.308. The van der Waals surface area contributed by atoms with Gasteiger partial charge in [-0.05, 0) is 39.7 Å². The first kappa shape index (κ1) is 15.2. The molecule has 0 aliphatic carbocycles. The van der Waals surface area contributed by atoms with Crippen LogP contribution in [-0.2, 0) is 10.0 Å². The zero-order chi connectivity index (χ0) is 14.0. The van der Waals surface area contributed by atoms with Crippen LogP contribution >= 0.6 is 0 Å². The van der Waals surface area contributed by atoms with E-state index in [1.807, 2.05) is 0 Å². The van der Waals surface area contributed by atoms with E-state index in [4.69, 9.17) is 0 Å². The maximum absolute atomic E-state index is 12.4. The highest BCUT2D eigenvalue weighted by Crippen LogP contribution is 2.22. The van der Waals surface area contributed by atoms with E-state index >= 15 is 0 Å². The maximum atomic E-state index is 12.4. The number of sulfonamides is 1. The number of hydrogen-bond donors (Lipinski definition) is 1. The molecule has 19 heavy (non-hydrogen) atoms. The lowest BCUT2D eigenvalue weighted by Gasteiger charge is -2.26. The number of likely N-dealkylation sites (tertiary alicyclic amines) is 1. The molecule has 2 aliphatic heterocycles. The van der Waals surface area contributed by atoms with Crippen molar-refractivity contribution in [3.05, 3.63) is 0 Å². The molecule has 0 aromatic carbocycles. The molecule has 2 aliphatic rings. The van der Waals surface area contributed by atoms with E-state index in [9.17, 15) is 8.42 Å². The first-order chi connectivity index (χ1) is 8.91. The van der Waals surface area contributed by atoms with Gasteiger partial charge in [-0.15, -0.1) is 0 Å². The first-order valence-corrected chi connectivity index (χ1v) is 8.85. The number of rotatable bonds is 3. The van der Waals surface area contributed by atoms with Gasteiger partial charge >= 0.3 is 0 Å². The minimum atomic E-state index is -3.11. The Morgan fingerprint density at radius 3 is 2.68 bits per heavy atom. The van der Waals surface area contributed by atoms with Crippen molar-refractivity contribution in [3.63, 3.8) is 0 Å². The lowest BCUT2D eigenvalue weighted by atomic mass is 10.1. The monoisotopic (exact) mass is 289 g/mol. The second-order valence-electron chi connectivity index (χ2n) is 6.16. The summed E-state index contributed by atoms with van der Waals surface area (Å²) in [4.78, 5) is 2.44. The van der Waals surface area contributed by atoms with E-state index in [0.717, 1.165) is 26.1 Å². The summed E-state index contributed by atoms with van der Waals surface area (Å²) in [6.07, 6.45) is 1.12. The van der Waals surface area contributed by atoms with Crippen molar-refractivity contribution < 1.29 is 8.42 Å². The van der Waals surface area contributed by atoms with E-state index in [1.54, 1.807) is 11.2 Å². The van der Waals surface area contributed by atoms with Gasteiger partial charge in [0, 0.05) is 38.8 Å². The molecule has 2 atom stereocenters. The van der Waals surface area contributed by atoms with Gasteiger partial charge in [0.25, 0.3) is 0 Å². The fraction of sp³-hybridized carbons (Fsp3) is 1.00. The molecule has 0 aromatic rings. The predicted octanol–water partition coefficient (Wildman–Crippen LogP) is 0.340. The summed E-state index contributed by atoms with van der Waals surface area (Å²) in [6.45, 7) is 11.0. The van der Waals surface area contributed by atoms with Gasteiger partial charge in [-0.3, -0.25) is 0 Å². The van der Waals surface area contributed by atoms with Gasteiger partial charge in [-0.25, -0.2) is 12.7 Å². The minimum Gasteiger partial charge on any atom is -0.314 e. The molecule has 2 unspecified atom stereocenters. The van der Waals surface area contributed by atoms with Gasteiger partial charge in [-0.2, -0.15) is 0 Å². The molecular weight excluding hydrogens is 262 g/mol. The van der Waals surface area contributed by atoms with Crippen LogP contribution in [0.15, 0.2) is 0 Å². The molecule has 0 spiro atoms. The number of hydrogen-bond acceptors (Lipinski definition) is 4. The first-order valence-electron chi connectivity index (χ1n) is 7.35. The van der Waals surface area contributed by atoms with Crippen LogP contribution in [0.5, 0.6) is 0 Å². The summed E-state index contributed by atoms with van der Waals surface area (Å²) >= 11 is 0. The van der Waals surface area contributed by atoms with Gasteiger partial charge in [-0.1, -0.05) is 0 Å². The van der Waals surface area contributed by atoms with Crippen LogP contribution in [0.25, 0.3) is 0 Å². The van der Waals surface area contributed by atoms with Crippen LogP contribution in [0, 0.1) is 5.92 Å². The van der Waals surface area contributed by atoms with E-state index in [1.165, 1.54) is 0 Å². The third-order valence-corrected chi connectivity index (χ3v) is 6.58. The average molecular weight is 289 g/mol. The predicted molar refractivity (Wildman–Crippen MR) is 77.6 cm³/mol. The van der Waals surface area contributed by atoms with Gasteiger partial charge in [0.2, 0.25) is 10.0 Å². The summed E-state index contributed by atoms with van der Waals surface area (Å²) in [6, 6.07) is 0.561. The second-order valence-corrected chi connectivity index (χ2v) is 8.51. The van der Waals surface area contributed by atoms with Gasteiger partial charge in [0.05, 0.1) is 5.25 Å². The largest absolute Gasteiger partial charge is 0.314 e. The van der Waals surface area contributed by atoms with E-state index in [0.29, 0.717) is 31.6 Å². The highest BCUT2D eigenvalue weighted by molar-refractivity contribution is 7.89. The molecular formula is C13H27N3O2S. The normalized spacial score (nSPS) is 33.7. The van der Waals surface area contributed by atoms with E-state index in [2.05, 4.69) is 24.1 Å². The summed E-state index contributed by atoms with van der Waals surface area (Å²) in [5, 5.41) is 2.90. The Hall–Kier alpha value is -0.170. The van der Waals surface area contributed by atoms with E-state index < -0.39 is 10.0 Å². The quantitative estimate of drug-likeness (QED) is 0.814. The topological polar surface area (TPSA) is 52.6 Å². The van der Waals surface area contributed by atoms with Crippen LogP contribution in [0.4, 0.5) is 0 Å². The Morgan fingerprint density at radius 2 is 2.05 bits per heavy atom. The van der Waals surface area contributed by atoms with Crippen molar-refractivity contribution in [2.24, 2.45) is 5.92 Å². The average Bonchev–Trinajstić information content (AvgIpc) is 2.76. The molecule has 0 amide bonds. The lowest BCUT2D eigenvalue weighted by molar-refractivity contribution is 0.255. The third kappa shape index (κ3) is 3.48. The standard InChI is InChI=1S/C13H27N3O2S/c1-11(2)15-6-4-13(9-15)10-16-7-5-14-8-12(3)19(16,17)18/h11-14H,4-10H2,1-3H3. The van der Waals surface area contributed by atoms with Crippen molar-refractivity contribution in [1.82, 2.24) is 14.5 Å². The van der Waals surface area contributed by atoms with Crippen LogP contribution in [-0.4, -0.2) is 68.2 Å². The van der Waals surface area contributed by atoms with Crippen molar-refractivity contribution >= 4 is 10.0 Å². The van der Waals surface area contributed by atoms with Crippen LogP contribution in [0.2, 0.25) is 0 Å². The molecule has 1 N–H and O–H groups in total. The zero-order valence-electron chi connectivity index (χ0n) is 12.3. The second kappa shape index (κ2) is 6.08. The Bertz CT molecular complexity index is 397. The summed E-state index contributed by atoms with van der Waals surface area (Å²) in [5.41, 5.74) is 0. The van der Waals surface area contributed by atoms with Crippen molar-refractivity contribution in [3.8, 4) is 0 Å². The Labute approximate surface area is 117 Å². The maximum Gasteiger partial charge on any atom is 0.218 e. The van der Waals surface area contributed by atoms with Gasteiger partial charge in [0.15, 0.2) is 0 Å². The fourth-order valence-electron chi connectivity index (χ4n) is 2.96. The zero-order valence-corrected chi connectivity index (χ0v) is 13.1. The summed E-state index contributed by atoms with van der Waals surface area (Å²) in [7, 11) is -3.11. The highest BCUT2D eigenvalue weighted by atomic mass is 32.2. The van der Waals surface area contributed by atoms with Crippen LogP contribution in [0.3, 0.4) is 0 Å². The molecule has 112 valence electrons. The third-order valence-electron chi connectivity index (χ3n) is 4.35. The van der Waals surface area contributed by atoms with Gasteiger partial charge in [0.1, 0.15) is 0 Å². The molecule has 0 aromatic heterocycles. The van der Waals surface area contributed by atoms with E-state index in [-0.39, 0.29) is 5.25 Å². The molecule has 2 fully saturated rings. The number of nitrogens with one attached hydrogen (secondary N) is 1. The molecule has 2 heterocycles. The lowest BCUT2D eigenvalue weighted by Crippen LogP contribution is -2.41. The highest BCUT2D eigenvalue weighted by Gasteiger charge is 2.34. The molecule has 2 rings (SSSR count). The Kier molecular flexibility index (Phi) is 4.87. The van der Waals surface area contributed by atoms with Crippen molar-refractivity contribution in [2.45, 2.75) is 38.5 Å². The molecule has 6 heteroatoms. The Balaban J connectivity index is 1.98. The van der Waals surface area contributed by atoms with Crippen LogP contribution in [0.1, 0.15) is 27.2 Å². The van der Waals surface area contributed by atoms with Crippen molar-refractivity contribution in [2.75, 3.05) is 39.3 Å². The molecule has 0 saturated carbocycles. The smallest absolute Gasteiger partial charge is 0.218 e. The Morgan fingerprint density at radius 1 is 1.32 bits per heavy atom. The van der Waals surface area contributed by atoms with Crippen LogP contribution < -0.4 is 5.32 Å².